The highest BCUT2D eigenvalue weighted by atomic mass is 32.2. The molecule has 0 spiro atoms. The topological polar surface area (TPSA) is 86.8 Å². The van der Waals surface area contributed by atoms with Crippen molar-refractivity contribution in [3.63, 3.8) is 0 Å². The average molecular weight is 590 g/mol. The van der Waals surface area contributed by atoms with Crippen molar-refractivity contribution >= 4 is 27.5 Å². The normalized spacial score (nSPS) is 12.9. The number of nitrogens with zero attached hydrogens (tertiary/aromatic N) is 2. The van der Waals surface area contributed by atoms with Gasteiger partial charge in [0, 0.05) is 18.5 Å². The molecule has 0 unspecified atom stereocenters. The van der Waals surface area contributed by atoms with Gasteiger partial charge >= 0.3 is 6.18 Å². The molecule has 0 aromatic heterocycles. The van der Waals surface area contributed by atoms with Gasteiger partial charge in [0.25, 0.3) is 0 Å². The lowest BCUT2D eigenvalue weighted by Gasteiger charge is -2.35. The molecule has 0 aliphatic rings. The molecule has 0 radical (unpaired) electrons. The van der Waals surface area contributed by atoms with E-state index in [1.54, 1.807) is 63.2 Å². The number of benzene rings is 3. The molecule has 3 rings (SSSR count). The number of nitrogens with one attached hydrogen (secondary N) is 1. The van der Waals surface area contributed by atoms with Crippen LogP contribution in [0.5, 0.6) is 0 Å². The first-order chi connectivity index (χ1) is 19.0. The monoisotopic (exact) mass is 589 g/mol. The SMILES string of the molecule is CC(C)(C)NC(=O)[C@@H](Cc1ccccc1)N(Cc1ccccc1)C(=O)CN(c1cccc(C(F)(F)F)c1)S(C)(=O)=O. The molecule has 0 fully saturated rings. The minimum absolute atomic E-state index is 0.0328. The van der Waals surface area contributed by atoms with Crippen LogP contribution in [-0.2, 0) is 38.8 Å². The lowest BCUT2D eigenvalue weighted by atomic mass is 10.0. The molecule has 11 heteroatoms. The second kappa shape index (κ2) is 12.8. The van der Waals surface area contributed by atoms with Gasteiger partial charge in [-0.25, -0.2) is 8.42 Å². The number of hydrogen-bond acceptors (Lipinski definition) is 4. The van der Waals surface area contributed by atoms with Crippen molar-refractivity contribution < 1.29 is 31.2 Å². The van der Waals surface area contributed by atoms with Gasteiger partial charge < -0.3 is 10.2 Å². The Balaban J connectivity index is 2.08. The molecule has 3 aromatic carbocycles. The first kappa shape index (κ1) is 31.7. The molecule has 3 aromatic rings. The lowest BCUT2D eigenvalue weighted by Crippen LogP contribution is -2.56. The molecule has 1 atom stereocenters. The second-order valence-corrected chi connectivity index (χ2v) is 12.7. The molecule has 1 N–H and O–H groups in total. The molecule has 0 bridgehead atoms. The zero-order valence-corrected chi connectivity index (χ0v) is 24.2. The Kier molecular flexibility index (Phi) is 9.85. The zero-order chi connectivity index (χ0) is 30.4. The van der Waals surface area contributed by atoms with Crippen molar-refractivity contribution in [3.8, 4) is 0 Å². The minimum Gasteiger partial charge on any atom is -0.350 e. The predicted octanol–water partition coefficient (Wildman–Crippen LogP) is 5.03. The number of rotatable bonds is 10. The number of hydrogen-bond donors (Lipinski definition) is 1. The molecule has 7 nitrogen and oxygen atoms in total. The summed E-state index contributed by atoms with van der Waals surface area (Å²) in [6.07, 6.45) is -3.77. The molecular formula is C30H34F3N3O4S. The highest BCUT2D eigenvalue weighted by Gasteiger charge is 2.35. The first-order valence-electron chi connectivity index (χ1n) is 12.9. The molecule has 41 heavy (non-hydrogen) atoms. The molecule has 0 aliphatic carbocycles. The van der Waals surface area contributed by atoms with Gasteiger partial charge in [0.1, 0.15) is 12.6 Å². The van der Waals surface area contributed by atoms with Crippen molar-refractivity contribution in [2.45, 2.75) is 51.5 Å². The van der Waals surface area contributed by atoms with Gasteiger partial charge in [0.15, 0.2) is 0 Å². The summed E-state index contributed by atoms with van der Waals surface area (Å²) in [6, 6.07) is 20.6. The average Bonchev–Trinajstić information content (AvgIpc) is 2.88. The summed E-state index contributed by atoms with van der Waals surface area (Å²) in [7, 11) is -4.20. The van der Waals surface area contributed by atoms with Crippen LogP contribution in [-0.4, -0.2) is 49.5 Å². The van der Waals surface area contributed by atoms with Crippen molar-refractivity contribution in [1.82, 2.24) is 10.2 Å². The van der Waals surface area contributed by atoms with Gasteiger partial charge in [-0.2, -0.15) is 13.2 Å². The van der Waals surface area contributed by atoms with E-state index in [1.165, 1.54) is 11.0 Å². The van der Waals surface area contributed by atoms with Crippen molar-refractivity contribution in [3.05, 3.63) is 102 Å². The molecule has 2 amide bonds. The van der Waals surface area contributed by atoms with E-state index in [-0.39, 0.29) is 18.7 Å². The van der Waals surface area contributed by atoms with Crippen LogP contribution in [0.3, 0.4) is 0 Å². The molecule has 0 saturated carbocycles. The van der Waals surface area contributed by atoms with Crippen LogP contribution in [0.2, 0.25) is 0 Å². The van der Waals surface area contributed by atoms with Gasteiger partial charge in [0.2, 0.25) is 21.8 Å². The van der Waals surface area contributed by atoms with Crippen molar-refractivity contribution in [1.29, 1.82) is 0 Å². The van der Waals surface area contributed by atoms with Crippen LogP contribution in [0, 0.1) is 0 Å². The van der Waals surface area contributed by atoms with Crippen LogP contribution in [0.15, 0.2) is 84.9 Å². The minimum atomic E-state index is -4.71. The predicted molar refractivity (Wildman–Crippen MR) is 152 cm³/mol. The standard InChI is InChI=1S/C30H34F3N3O4S/c1-29(2,3)34-28(38)26(18-22-12-7-5-8-13-22)35(20-23-14-9-6-10-15-23)27(37)21-36(41(4,39)40)25-17-11-16-24(19-25)30(31,32)33/h5-17,19,26H,18,20-21H2,1-4H3,(H,34,38)/t26-/m1/s1. The maximum absolute atomic E-state index is 14.0. The van der Waals surface area contributed by atoms with E-state index in [4.69, 9.17) is 0 Å². The Labute approximate surface area is 239 Å². The highest BCUT2D eigenvalue weighted by molar-refractivity contribution is 7.92. The van der Waals surface area contributed by atoms with Crippen LogP contribution < -0.4 is 9.62 Å². The fourth-order valence-electron chi connectivity index (χ4n) is 4.24. The Morgan fingerprint density at radius 1 is 0.854 bits per heavy atom. The summed E-state index contributed by atoms with van der Waals surface area (Å²) in [5.74, 6) is -1.20. The summed E-state index contributed by atoms with van der Waals surface area (Å²) in [4.78, 5) is 28.9. The second-order valence-electron chi connectivity index (χ2n) is 10.8. The maximum atomic E-state index is 14.0. The van der Waals surface area contributed by atoms with Gasteiger partial charge in [0.05, 0.1) is 17.5 Å². The van der Waals surface area contributed by atoms with E-state index < -0.39 is 51.7 Å². The summed E-state index contributed by atoms with van der Waals surface area (Å²) in [6.45, 7) is 4.56. The Morgan fingerprint density at radius 2 is 1.41 bits per heavy atom. The van der Waals surface area contributed by atoms with Gasteiger partial charge in [-0.1, -0.05) is 66.7 Å². The number of sulfonamides is 1. The summed E-state index contributed by atoms with van der Waals surface area (Å²) in [5.41, 5.74) is -0.542. The van der Waals surface area contributed by atoms with E-state index in [9.17, 15) is 31.2 Å². The van der Waals surface area contributed by atoms with E-state index in [0.717, 1.165) is 24.0 Å². The van der Waals surface area contributed by atoms with Crippen LogP contribution in [0.1, 0.15) is 37.5 Å². The van der Waals surface area contributed by atoms with Gasteiger partial charge in [-0.3, -0.25) is 13.9 Å². The molecular weight excluding hydrogens is 555 g/mol. The number of carbonyl (C=O) groups excluding carboxylic acids is 2. The van der Waals surface area contributed by atoms with Gasteiger partial charge in [-0.15, -0.1) is 0 Å². The van der Waals surface area contributed by atoms with E-state index in [1.807, 2.05) is 18.2 Å². The summed E-state index contributed by atoms with van der Waals surface area (Å²) < 4.78 is 66.4. The van der Waals surface area contributed by atoms with Crippen molar-refractivity contribution in [2.75, 3.05) is 17.1 Å². The Morgan fingerprint density at radius 3 is 1.93 bits per heavy atom. The number of anilines is 1. The largest absolute Gasteiger partial charge is 0.416 e. The van der Waals surface area contributed by atoms with E-state index in [2.05, 4.69) is 5.32 Å². The number of amides is 2. The highest BCUT2D eigenvalue weighted by Crippen LogP contribution is 2.32. The van der Waals surface area contributed by atoms with Gasteiger partial charge in [-0.05, 0) is 50.1 Å². The fraction of sp³-hybridized carbons (Fsp3) is 0.333. The smallest absolute Gasteiger partial charge is 0.350 e. The van der Waals surface area contributed by atoms with Crippen LogP contribution >= 0.6 is 0 Å². The Hall–Kier alpha value is -3.86. The molecule has 0 saturated heterocycles. The summed E-state index contributed by atoms with van der Waals surface area (Å²) >= 11 is 0. The third kappa shape index (κ3) is 9.34. The van der Waals surface area contributed by atoms with Crippen LogP contribution in [0.4, 0.5) is 18.9 Å². The lowest BCUT2D eigenvalue weighted by molar-refractivity contribution is -0.140. The van der Waals surface area contributed by atoms with Crippen LogP contribution in [0.25, 0.3) is 0 Å². The molecule has 0 aliphatic heterocycles. The fourth-order valence-corrected chi connectivity index (χ4v) is 5.08. The number of halogens is 3. The maximum Gasteiger partial charge on any atom is 0.416 e. The number of alkyl halides is 3. The first-order valence-corrected chi connectivity index (χ1v) is 14.7. The quantitative estimate of drug-likeness (QED) is 0.360. The Bertz CT molecular complexity index is 1440. The van der Waals surface area contributed by atoms with E-state index in [0.29, 0.717) is 15.9 Å². The summed E-state index contributed by atoms with van der Waals surface area (Å²) in [5, 5.41) is 2.91. The molecule has 0 heterocycles. The third-order valence-corrected chi connectivity index (χ3v) is 7.25. The zero-order valence-electron chi connectivity index (χ0n) is 23.4. The number of carbonyl (C=O) groups is 2. The molecule has 220 valence electrons. The van der Waals surface area contributed by atoms with Crippen molar-refractivity contribution in [2.24, 2.45) is 0 Å². The van der Waals surface area contributed by atoms with E-state index >= 15 is 0 Å². The third-order valence-electron chi connectivity index (χ3n) is 6.11.